The van der Waals surface area contributed by atoms with Crippen LogP contribution in [0.3, 0.4) is 0 Å². The normalized spacial score (nSPS) is 14.5. The lowest BCUT2D eigenvalue weighted by Crippen LogP contribution is -2.31. The summed E-state index contributed by atoms with van der Waals surface area (Å²) in [6.45, 7) is 6.25. The topological polar surface area (TPSA) is 38.5 Å². The van der Waals surface area contributed by atoms with Crippen molar-refractivity contribution in [2.75, 3.05) is 26.2 Å². The van der Waals surface area contributed by atoms with E-state index < -0.39 is 0 Å². The molecule has 0 radical (unpaired) electrons. The van der Waals surface area contributed by atoms with E-state index in [-0.39, 0.29) is 0 Å². The Bertz CT molecular complexity index is 446. The molecule has 1 aliphatic rings. The number of para-hydroxylation sites is 1. The molecular formula is C16H24N2OS. The monoisotopic (exact) mass is 292 g/mol. The highest BCUT2D eigenvalue weighted by atomic mass is 32.1. The van der Waals surface area contributed by atoms with Crippen LogP contribution in [0.15, 0.2) is 24.3 Å². The van der Waals surface area contributed by atoms with Gasteiger partial charge in [0, 0.05) is 13.1 Å². The molecule has 1 aliphatic carbocycles. The predicted octanol–water partition coefficient (Wildman–Crippen LogP) is 2.82. The number of nitrogens with zero attached hydrogens (tertiary/aromatic N) is 1. The van der Waals surface area contributed by atoms with Gasteiger partial charge < -0.3 is 10.5 Å². The van der Waals surface area contributed by atoms with E-state index in [9.17, 15) is 0 Å². The fraction of sp³-hybridized carbons (Fsp3) is 0.562. The molecule has 2 rings (SSSR count). The first-order valence-electron chi connectivity index (χ1n) is 7.44. The average Bonchev–Trinajstić information content (AvgIpc) is 3.23. The lowest BCUT2D eigenvalue weighted by Gasteiger charge is -2.22. The van der Waals surface area contributed by atoms with Crippen LogP contribution in [0.5, 0.6) is 5.75 Å². The van der Waals surface area contributed by atoms with Crippen molar-refractivity contribution in [2.24, 2.45) is 11.7 Å². The van der Waals surface area contributed by atoms with Gasteiger partial charge in [-0.1, -0.05) is 31.3 Å². The van der Waals surface area contributed by atoms with Gasteiger partial charge in [0.25, 0.3) is 0 Å². The molecule has 1 aromatic carbocycles. The summed E-state index contributed by atoms with van der Waals surface area (Å²) in [5.41, 5.74) is 6.53. The lowest BCUT2D eigenvalue weighted by atomic mass is 10.2. The van der Waals surface area contributed by atoms with E-state index in [1.165, 1.54) is 25.8 Å². The fourth-order valence-corrected chi connectivity index (χ4v) is 2.53. The molecule has 3 nitrogen and oxygen atoms in total. The van der Waals surface area contributed by atoms with Gasteiger partial charge in [-0.2, -0.15) is 0 Å². The Labute approximate surface area is 127 Å². The van der Waals surface area contributed by atoms with E-state index in [4.69, 9.17) is 22.7 Å². The minimum atomic E-state index is 0.393. The zero-order chi connectivity index (χ0) is 14.4. The molecule has 0 aromatic heterocycles. The Morgan fingerprint density at radius 3 is 2.75 bits per heavy atom. The summed E-state index contributed by atoms with van der Waals surface area (Å²) in [4.78, 5) is 2.89. The van der Waals surface area contributed by atoms with Crippen molar-refractivity contribution in [2.45, 2.75) is 26.2 Å². The third-order valence-electron chi connectivity index (χ3n) is 3.57. The van der Waals surface area contributed by atoms with E-state index >= 15 is 0 Å². The number of rotatable bonds is 9. The smallest absolute Gasteiger partial charge is 0.129 e. The summed E-state index contributed by atoms with van der Waals surface area (Å²) < 4.78 is 5.87. The highest BCUT2D eigenvalue weighted by Crippen LogP contribution is 2.29. The summed E-state index contributed by atoms with van der Waals surface area (Å²) in [7, 11) is 0. The second kappa shape index (κ2) is 7.60. The molecule has 1 aromatic rings. The van der Waals surface area contributed by atoms with E-state index in [2.05, 4.69) is 11.8 Å². The van der Waals surface area contributed by atoms with E-state index in [1.54, 1.807) is 0 Å². The second-order valence-corrected chi connectivity index (χ2v) is 5.89. The zero-order valence-electron chi connectivity index (χ0n) is 12.2. The van der Waals surface area contributed by atoms with Crippen LogP contribution in [0, 0.1) is 5.92 Å². The molecule has 0 aliphatic heterocycles. The van der Waals surface area contributed by atoms with Crippen molar-refractivity contribution < 1.29 is 4.74 Å². The molecule has 0 atom stereocenters. The van der Waals surface area contributed by atoms with Gasteiger partial charge in [-0.3, -0.25) is 4.90 Å². The quantitative estimate of drug-likeness (QED) is 0.710. The molecule has 0 saturated heterocycles. The van der Waals surface area contributed by atoms with Gasteiger partial charge in [-0.25, -0.2) is 0 Å². The van der Waals surface area contributed by atoms with Crippen LogP contribution in [0.25, 0.3) is 0 Å². The van der Waals surface area contributed by atoms with Crippen LogP contribution in [-0.2, 0) is 0 Å². The number of nitrogens with two attached hydrogens (primary N) is 1. The first-order chi connectivity index (χ1) is 9.70. The van der Waals surface area contributed by atoms with Gasteiger partial charge in [0.1, 0.15) is 17.3 Å². The Morgan fingerprint density at radius 2 is 2.10 bits per heavy atom. The van der Waals surface area contributed by atoms with E-state index in [0.29, 0.717) is 11.6 Å². The number of ether oxygens (including phenoxy) is 1. The molecule has 1 fully saturated rings. The Hall–Kier alpha value is -1.13. The maximum atomic E-state index is 5.87. The Balaban J connectivity index is 1.82. The van der Waals surface area contributed by atoms with Crippen LogP contribution < -0.4 is 10.5 Å². The summed E-state index contributed by atoms with van der Waals surface area (Å²) in [5, 5.41) is 0. The van der Waals surface area contributed by atoms with Crippen molar-refractivity contribution in [1.29, 1.82) is 0 Å². The molecule has 1 saturated carbocycles. The molecule has 0 heterocycles. The molecule has 0 bridgehead atoms. The summed E-state index contributed by atoms with van der Waals surface area (Å²) >= 11 is 5.05. The van der Waals surface area contributed by atoms with Crippen LogP contribution in [-0.4, -0.2) is 36.1 Å². The maximum absolute atomic E-state index is 5.87. The zero-order valence-corrected chi connectivity index (χ0v) is 13.0. The van der Waals surface area contributed by atoms with Crippen molar-refractivity contribution in [3.05, 3.63) is 29.8 Å². The molecule has 0 amide bonds. The van der Waals surface area contributed by atoms with Crippen LogP contribution in [0.1, 0.15) is 31.7 Å². The largest absolute Gasteiger partial charge is 0.492 e. The molecule has 4 heteroatoms. The van der Waals surface area contributed by atoms with Gasteiger partial charge in [-0.05, 0) is 43.9 Å². The van der Waals surface area contributed by atoms with Crippen molar-refractivity contribution in [1.82, 2.24) is 4.90 Å². The van der Waals surface area contributed by atoms with Gasteiger partial charge in [-0.15, -0.1) is 0 Å². The Kier molecular flexibility index (Phi) is 5.80. The third-order valence-corrected chi connectivity index (χ3v) is 3.79. The molecular weight excluding hydrogens is 268 g/mol. The predicted molar refractivity (Wildman–Crippen MR) is 87.3 cm³/mol. The molecule has 2 N–H and O–H groups in total. The van der Waals surface area contributed by atoms with Crippen LogP contribution in [0.2, 0.25) is 0 Å². The standard InChI is InChI=1S/C16H24N2OS/c1-2-9-18(12-13-7-8-13)10-11-19-15-6-4-3-5-14(15)16(17)20/h3-6,13H,2,7-12H2,1H3,(H2,17,20). The Morgan fingerprint density at radius 1 is 1.35 bits per heavy atom. The van der Waals surface area contributed by atoms with E-state index in [1.807, 2.05) is 24.3 Å². The number of benzene rings is 1. The minimum Gasteiger partial charge on any atom is -0.492 e. The van der Waals surface area contributed by atoms with Gasteiger partial charge in [0.05, 0.1) is 5.56 Å². The van der Waals surface area contributed by atoms with Crippen molar-refractivity contribution in [3.8, 4) is 5.75 Å². The van der Waals surface area contributed by atoms with Gasteiger partial charge in [0.15, 0.2) is 0 Å². The number of hydrogen-bond donors (Lipinski definition) is 1. The first kappa shape index (κ1) is 15.3. The van der Waals surface area contributed by atoms with Gasteiger partial charge in [0.2, 0.25) is 0 Å². The minimum absolute atomic E-state index is 0.393. The highest BCUT2D eigenvalue weighted by Gasteiger charge is 2.23. The number of hydrogen-bond acceptors (Lipinski definition) is 3. The molecule has 110 valence electrons. The first-order valence-corrected chi connectivity index (χ1v) is 7.85. The summed E-state index contributed by atoms with van der Waals surface area (Å²) in [6, 6.07) is 7.72. The SMILES string of the molecule is CCCN(CCOc1ccccc1C(N)=S)CC1CC1. The number of thiocarbonyl (C=S) groups is 1. The molecule has 0 unspecified atom stereocenters. The second-order valence-electron chi connectivity index (χ2n) is 5.45. The van der Waals surface area contributed by atoms with Crippen molar-refractivity contribution in [3.63, 3.8) is 0 Å². The van der Waals surface area contributed by atoms with Crippen LogP contribution in [0.4, 0.5) is 0 Å². The van der Waals surface area contributed by atoms with E-state index in [0.717, 1.165) is 30.3 Å². The molecule has 20 heavy (non-hydrogen) atoms. The maximum Gasteiger partial charge on any atom is 0.129 e. The van der Waals surface area contributed by atoms with Crippen molar-refractivity contribution >= 4 is 17.2 Å². The summed E-state index contributed by atoms with van der Waals surface area (Å²) in [5.74, 6) is 1.72. The average molecular weight is 292 g/mol. The third kappa shape index (κ3) is 4.76. The summed E-state index contributed by atoms with van der Waals surface area (Å²) in [6.07, 6.45) is 3.98. The fourth-order valence-electron chi connectivity index (χ4n) is 2.36. The van der Waals surface area contributed by atoms with Gasteiger partial charge >= 0.3 is 0 Å². The lowest BCUT2D eigenvalue weighted by molar-refractivity contribution is 0.203. The molecule has 0 spiro atoms. The highest BCUT2D eigenvalue weighted by molar-refractivity contribution is 7.80. The van der Waals surface area contributed by atoms with Crippen LogP contribution >= 0.6 is 12.2 Å².